The highest BCUT2D eigenvalue weighted by atomic mass is 32.1. The van der Waals surface area contributed by atoms with Crippen LogP contribution in [0.1, 0.15) is 49.9 Å². The van der Waals surface area contributed by atoms with Gasteiger partial charge in [-0.3, -0.25) is 0 Å². The Morgan fingerprint density at radius 3 is 1.14 bits per heavy atom. The monoisotopic (exact) mass is 874 g/mol. The topological polar surface area (TPSA) is 0 Å². The molecule has 2 aliphatic carbocycles. The molecule has 0 bridgehead atoms. The third kappa shape index (κ3) is 4.88. The molecule has 2 aromatic heterocycles. The van der Waals surface area contributed by atoms with E-state index in [1.807, 2.05) is 22.7 Å². The van der Waals surface area contributed by atoms with Crippen molar-refractivity contribution in [2.24, 2.45) is 0 Å². The van der Waals surface area contributed by atoms with Gasteiger partial charge in [0.2, 0.25) is 0 Å². The fraction of sp³-hybridized carbons (Fsp3) is 0.0938. The third-order valence-corrected chi connectivity index (χ3v) is 18.1. The molecule has 0 radical (unpaired) electrons. The molecule has 0 saturated carbocycles. The summed E-state index contributed by atoms with van der Waals surface area (Å²) in [4.78, 5) is 0. The summed E-state index contributed by atoms with van der Waals surface area (Å²) in [5, 5.41) is 15.7. The predicted molar refractivity (Wildman–Crippen MR) is 288 cm³/mol. The maximum Gasteiger partial charge on any atom is 0.0355 e. The van der Waals surface area contributed by atoms with Crippen LogP contribution < -0.4 is 0 Å². The van der Waals surface area contributed by atoms with E-state index in [9.17, 15) is 0 Å². The second kappa shape index (κ2) is 12.8. The van der Waals surface area contributed by atoms with Gasteiger partial charge < -0.3 is 0 Å². The maximum absolute atomic E-state index is 2.56. The van der Waals surface area contributed by atoms with Crippen molar-refractivity contribution in [2.45, 2.75) is 38.5 Å². The molecule has 0 aliphatic heterocycles. The summed E-state index contributed by atoms with van der Waals surface area (Å²) in [6.07, 6.45) is 0. The van der Waals surface area contributed by atoms with Crippen LogP contribution in [0.5, 0.6) is 0 Å². The summed E-state index contributed by atoms with van der Waals surface area (Å²) in [5.74, 6) is 0. The van der Waals surface area contributed by atoms with E-state index in [-0.39, 0.29) is 10.8 Å². The molecule has 66 heavy (non-hydrogen) atoms. The molecule has 0 unspecified atom stereocenters. The molecular formula is C64H42S2. The molecule has 0 N–H and O–H groups in total. The van der Waals surface area contributed by atoms with Gasteiger partial charge in [0.1, 0.15) is 0 Å². The second-order valence-electron chi connectivity index (χ2n) is 20.0. The minimum atomic E-state index is -0.119. The fourth-order valence-electron chi connectivity index (χ4n) is 12.5. The number of hydrogen-bond donors (Lipinski definition) is 0. The highest BCUT2D eigenvalue weighted by Crippen LogP contribution is 2.54. The van der Waals surface area contributed by atoms with Crippen LogP contribution in [0.2, 0.25) is 0 Å². The largest absolute Gasteiger partial charge is 0.135 e. The lowest BCUT2D eigenvalue weighted by molar-refractivity contribution is 0.661. The summed E-state index contributed by atoms with van der Waals surface area (Å²) in [6.45, 7) is 9.63. The van der Waals surface area contributed by atoms with Crippen LogP contribution >= 0.6 is 22.7 Å². The van der Waals surface area contributed by atoms with E-state index in [0.717, 1.165) is 0 Å². The Bertz CT molecular complexity index is 4060. The Morgan fingerprint density at radius 2 is 0.667 bits per heavy atom. The molecule has 0 fully saturated rings. The van der Waals surface area contributed by atoms with E-state index in [2.05, 4.69) is 210 Å². The first-order valence-corrected chi connectivity index (χ1v) is 24.9. The smallest absolute Gasteiger partial charge is 0.0355 e. The van der Waals surface area contributed by atoms with Gasteiger partial charge >= 0.3 is 0 Å². The zero-order chi connectivity index (χ0) is 43.8. The quantitative estimate of drug-likeness (QED) is 0.120. The zero-order valence-corrected chi connectivity index (χ0v) is 38.8. The van der Waals surface area contributed by atoms with Gasteiger partial charge in [-0.1, -0.05) is 125 Å². The first-order valence-electron chi connectivity index (χ1n) is 23.2. The first kappa shape index (κ1) is 37.2. The second-order valence-corrected chi connectivity index (χ2v) is 22.2. The van der Waals surface area contributed by atoms with Crippen LogP contribution in [0, 0.1) is 0 Å². The summed E-state index contributed by atoms with van der Waals surface area (Å²) < 4.78 is 5.34. The lowest BCUT2D eigenvalue weighted by atomic mass is 9.80. The highest BCUT2D eigenvalue weighted by molar-refractivity contribution is 7.26. The summed E-state index contributed by atoms with van der Waals surface area (Å²) in [5.41, 5.74) is 15.9. The van der Waals surface area contributed by atoms with Gasteiger partial charge in [0, 0.05) is 51.2 Å². The Morgan fingerprint density at radius 1 is 0.258 bits per heavy atom. The van der Waals surface area contributed by atoms with Gasteiger partial charge in [-0.05, 0) is 195 Å². The van der Waals surface area contributed by atoms with Crippen molar-refractivity contribution < 1.29 is 0 Å². The van der Waals surface area contributed by atoms with E-state index in [4.69, 9.17) is 0 Å². The standard InChI is InChI=1S/C64H42S2/c1-63(2)55-17-9-5-13-39(55)51-31-47-43(35-21-23-61-53(25-35)41-15-7-11-19-59(41)65-61)27-37-30-46-38(29-45(37)49(47)33-57(51)63)28-44(36-22-24-62-54(26-36)42-16-8-12-20-60(42)66-62)48-32-52-40-14-6-10-18-56(40)64(3,4)58(52)34-50(46)48/h5-34H,1-4H3. The van der Waals surface area contributed by atoms with E-state index < -0.39 is 0 Å². The lowest BCUT2D eigenvalue weighted by Crippen LogP contribution is -2.14. The summed E-state index contributed by atoms with van der Waals surface area (Å²) in [7, 11) is 0. The molecule has 15 rings (SSSR count). The van der Waals surface area contributed by atoms with E-state index in [1.165, 1.54) is 150 Å². The van der Waals surface area contributed by atoms with Crippen molar-refractivity contribution in [3.63, 3.8) is 0 Å². The Hall–Kier alpha value is -7.10. The van der Waals surface area contributed by atoms with Gasteiger partial charge in [-0.15, -0.1) is 22.7 Å². The molecule has 310 valence electrons. The van der Waals surface area contributed by atoms with Gasteiger partial charge in [0.25, 0.3) is 0 Å². The van der Waals surface area contributed by atoms with Gasteiger partial charge in [0.05, 0.1) is 0 Å². The third-order valence-electron chi connectivity index (χ3n) is 15.8. The van der Waals surface area contributed by atoms with Gasteiger partial charge in [0.15, 0.2) is 0 Å². The summed E-state index contributed by atoms with van der Waals surface area (Å²) >= 11 is 3.78. The van der Waals surface area contributed by atoms with Crippen molar-refractivity contribution in [3.05, 3.63) is 204 Å². The first-order chi connectivity index (χ1) is 32.2. The minimum Gasteiger partial charge on any atom is -0.135 e. The van der Waals surface area contributed by atoms with Crippen molar-refractivity contribution in [2.75, 3.05) is 0 Å². The van der Waals surface area contributed by atoms with E-state index in [0.29, 0.717) is 0 Å². The number of hydrogen-bond acceptors (Lipinski definition) is 2. The van der Waals surface area contributed by atoms with Crippen LogP contribution in [0.3, 0.4) is 0 Å². The van der Waals surface area contributed by atoms with Crippen LogP contribution in [0.15, 0.2) is 182 Å². The number of thiophene rings is 2. The Labute approximate surface area is 391 Å². The Kier molecular flexibility index (Phi) is 7.22. The fourth-order valence-corrected chi connectivity index (χ4v) is 14.6. The molecule has 0 spiro atoms. The van der Waals surface area contributed by atoms with Crippen LogP contribution in [-0.4, -0.2) is 0 Å². The molecule has 0 saturated heterocycles. The van der Waals surface area contributed by atoms with E-state index >= 15 is 0 Å². The number of rotatable bonds is 2. The molecule has 2 heterocycles. The SMILES string of the molecule is CC1(C)c2ccccc2-c2cc3c(-c4ccc5sc6ccccc6c5c4)cc4cc5c(cc(-c6ccc7sc8ccccc8c7c6)c6cc7c(cc65)C(C)(C)c5ccccc5-7)cc4c3cc21. The van der Waals surface area contributed by atoms with Crippen LogP contribution in [0.4, 0.5) is 0 Å². The minimum absolute atomic E-state index is 0.119. The highest BCUT2D eigenvalue weighted by Gasteiger charge is 2.37. The zero-order valence-electron chi connectivity index (χ0n) is 37.1. The molecule has 2 aliphatic rings. The van der Waals surface area contributed by atoms with Crippen molar-refractivity contribution in [1.29, 1.82) is 0 Å². The normalized spacial score (nSPS) is 14.6. The number of benzene rings is 11. The van der Waals surface area contributed by atoms with Crippen molar-refractivity contribution in [1.82, 2.24) is 0 Å². The summed E-state index contributed by atoms with van der Waals surface area (Å²) in [6, 6.07) is 70.5. The molecular weight excluding hydrogens is 833 g/mol. The lowest BCUT2D eigenvalue weighted by Gasteiger charge is -2.23. The van der Waals surface area contributed by atoms with Crippen molar-refractivity contribution >= 4 is 106 Å². The average molecular weight is 875 g/mol. The van der Waals surface area contributed by atoms with Crippen LogP contribution in [-0.2, 0) is 10.8 Å². The molecule has 2 heteroatoms. The van der Waals surface area contributed by atoms with Gasteiger partial charge in [-0.25, -0.2) is 0 Å². The Balaban J connectivity index is 1.07. The molecule has 13 aromatic rings. The van der Waals surface area contributed by atoms with Crippen LogP contribution in [0.25, 0.3) is 128 Å². The van der Waals surface area contributed by atoms with Crippen molar-refractivity contribution in [3.8, 4) is 44.5 Å². The molecule has 0 nitrogen and oxygen atoms in total. The van der Waals surface area contributed by atoms with Gasteiger partial charge in [-0.2, -0.15) is 0 Å². The molecule has 11 aromatic carbocycles. The predicted octanol–water partition coefficient (Wildman–Crippen LogP) is 19.0. The molecule has 0 amide bonds. The van der Waals surface area contributed by atoms with E-state index in [1.54, 1.807) is 0 Å². The molecule has 0 atom stereocenters. The average Bonchev–Trinajstić information content (AvgIpc) is 4.04. The number of fused-ring (bicyclic) bond motifs is 18. The maximum atomic E-state index is 2.56.